The monoisotopic (exact) mass is 514 g/mol. The molecule has 0 fully saturated rings. The number of benzene rings is 1. The first-order valence-electron chi connectivity index (χ1n) is 3.30. The predicted molar refractivity (Wildman–Crippen MR) is 76.5 cm³/mol. The number of nitrogens with zero attached hydrogens (tertiary/aromatic N) is 2. The van der Waals surface area contributed by atoms with Crippen LogP contribution in [0.4, 0.5) is 0 Å². The van der Waals surface area contributed by atoms with Crippen LogP contribution < -0.4 is 0 Å². The molecule has 70 valence electrons. The second-order valence-corrected chi connectivity index (χ2v) is 6.73. The molecule has 0 bridgehead atoms. The Balaban J connectivity index is 2.80. The summed E-state index contributed by atoms with van der Waals surface area (Å²) in [5, 5.41) is 0. The van der Waals surface area contributed by atoms with Crippen LogP contribution in [0.2, 0.25) is 0 Å². The Hall–Kier alpha value is 0.840. The molecule has 0 aliphatic carbocycles. The highest BCUT2D eigenvalue weighted by molar-refractivity contribution is 14.2. The molecule has 0 aliphatic heterocycles. The first kappa shape index (κ1) is 11.9. The number of halogens is 3. The minimum Gasteiger partial charge on any atom is -0.267 e. The number of amides is 1. The Kier molecular flexibility index (Phi) is 5.18. The van der Waals surface area contributed by atoms with E-state index in [0.29, 0.717) is 5.56 Å². The van der Waals surface area contributed by atoms with E-state index in [1.807, 2.05) is 86.8 Å². The van der Waals surface area contributed by atoms with Crippen LogP contribution in [0.25, 0.3) is 0 Å². The SMILES string of the molecule is O=C(c1ccccc1)N(I)N(I)I. The number of hydrazine groups is 1. The third-order valence-electron chi connectivity index (χ3n) is 1.32. The fraction of sp³-hybridized carbons (Fsp3) is 0. The van der Waals surface area contributed by atoms with E-state index in [1.54, 1.807) is 13.6 Å². The standard InChI is InChI=1S/C7H5I3N2O/c8-11(12(9)10)7(13)6-4-2-1-3-5-6/h1-5H. The van der Waals surface area contributed by atoms with Gasteiger partial charge in [0.2, 0.25) is 0 Å². The Morgan fingerprint density at radius 3 is 2.08 bits per heavy atom. The summed E-state index contributed by atoms with van der Waals surface area (Å²) in [6.45, 7) is 0. The maximum Gasteiger partial charge on any atom is 0.278 e. The number of carbonyl (C=O) groups is 1. The Morgan fingerprint density at radius 1 is 1.08 bits per heavy atom. The summed E-state index contributed by atoms with van der Waals surface area (Å²) < 4.78 is 3.18. The van der Waals surface area contributed by atoms with Crippen LogP contribution >= 0.6 is 68.6 Å². The molecule has 0 heterocycles. The topological polar surface area (TPSA) is 23.6 Å². The van der Waals surface area contributed by atoms with Gasteiger partial charge < -0.3 is 0 Å². The maximum atomic E-state index is 11.7. The molecule has 0 aliphatic rings. The van der Waals surface area contributed by atoms with Crippen molar-refractivity contribution in [3.05, 3.63) is 35.9 Å². The summed E-state index contributed by atoms with van der Waals surface area (Å²) in [6, 6.07) is 9.18. The second-order valence-electron chi connectivity index (χ2n) is 2.15. The van der Waals surface area contributed by atoms with E-state index in [1.165, 1.54) is 3.22 Å². The lowest BCUT2D eigenvalue weighted by Gasteiger charge is -2.16. The lowest BCUT2D eigenvalue weighted by atomic mass is 10.2. The van der Waals surface area contributed by atoms with Crippen molar-refractivity contribution in [2.75, 3.05) is 0 Å². The second kappa shape index (κ2) is 5.66. The molecule has 0 N–H and O–H groups in total. The van der Waals surface area contributed by atoms with Gasteiger partial charge in [0.05, 0.1) is 68.6 Å². The summed E-state index contributed by atoms with van der Waals surface area (Å²) in [5.41, 5.74) is 0.690. The molecule has 6 heteroatoms. The van der Waals surface area contributed by atoms with E-state index in [2.05, 4.69) is 0 Å². The van der Waals surface area contributed by atoms with Crippen molar-refractivity contribution in [1.82, 2.24) is 4.66 Å². The molecule has 0 saturated heterocycles. The maximum absolute atomic E-state index is 11.7. The van der Waals surface area contributed by atoms with E-state index in [9.17, 15) is 4.79 Å². The van der Waals surface area contributed by atoms with Gasteiger partial charge in [-0.25, -0.2) is 0 Å². The number of hydrogen-bond donors (Lipinski definition) is 0. The van der Waals surface area contributed by atoms with Gasteiger partial charge in [-0.05, 0) is 12.1 Å². The van der Waals surface area contributed by atoms with Crippen LogP contribution in [-0.4, -0.2) is 10.6 Å². The van der Waals surface area contributed by atoms with Crippen LogP contribution in [0.15, 0.2) is 30.3 Å². The van der Waals surface area contributed by atoms with Gasteiger partial charge in [0.25, 0.3) is 5.91 Å². The average Bonchev–Trinajstić information content (AvgIpc) is 2.17. The van der Waals surface area contributed by atoms with Gasteiger partial charge in [0, 0.05) is 5.56 Å². The molecule has 1 rings (SSSR count). The zero-order valence-electron chi connectivity index (χ0n) is 6.32. The molecule has 3 nitrogen and oxygen atoms in total. The van der Waals surface area contributed by atoms with Gasteiger partial charge in [-0.2, -0.15) is 3.22 Å². The largest absolute Gasteiger partial charge is 0.278 e. The lowest BCUT2D eigenvalue weighted by Crippen LogP contribution is -2.25. The van der Waals surface area contributed by atoms with E-state index < -0.39 is 0 Å². The van der Waals surface area contributed by atoms with Gasteiger partial charge in [-0.15, -0.1) is 0 Å². The smallest absolute Gasteiger partial charge is 0.267 e. The van der Waals surface area contributed by atoms with Gasteiger partial charge in [-0.1, -0.05) is 19.6 Å². The lowest BCUT2D eigenvalue weighted by molar-refractivity contribution is 0.0846. The number of hydrogen-bond acceptors (Lipinski definition) is 2. The number of carbonyl (C=O) groups excluding carboxylic acids is 1. The Bertz CT molecular complexity index is 291. The number of rotatable bonds is 2. The molecule has 0 atom stereocenters. The highest BCUT2D eigenvalue weighted by atomic mass is 127. The molecule has 0 radical (unpaired) electrons. The quantitative estimate of drug-likeness (QED) is 0.344. The van der Waals surface area contributed by atoms with Gasteiger partial charge in [-0.3, -0.25) is 4.79 Å². The van der Waals surface area contributed by atoms with Crippen LogP contribution in [0.1, 0.15) is 10.4 Å². The van der Waals surface area contributed by atoms with Crippen molar-refractivity contribution in [2.24, 2.45) is 0 Å². The summed E-state index contributed by atoms with van der Waals surface area (Å²) in [7, 11) is 0. The molecule has 0 saturated carbocycles. The van der Waals surface area contributed by atoms with Crippen molar-refractivity contribution in [2.45, 2.75) is 0 Å². The molecule has 1 aromatic rings. The first-order chi connectivity index (χ1) is 6.13. The van der Waals surface area contributed by atoms with Crippen LogP contribution in [0, 0.1) is 0 Å². The van der Waals surface area contributed by atoms with Gasteiger partial charge in [0.15, 0.2) is 0 Å². The average molecular weight is 514 g/mol. The van der Waals surface area contributed by atoms with Crippen LogP contribution in [-0.2, 0) is 0 Å². The van der Waals surface area contributed by atoms with E-state index in [-0.39, 0.29) is 5.91 Å². The Morgan fingerprint density at radius 2 is 1.62 bits per heavy atom. The first-order valence-corrected chi connectivity index (χ1v) is 6.19. The van der Waals surface area contributed by atoms with Crippen molar-refractivity contribution in [1.29, 1.82) is 0 Å². The van der Waals surface area contributed by atoms with Crippen LogP contribution in [0.3, 0.4) is 0 Å². The van der Waals surface area contributed by atoms with Crippen molar-refractivity contribution >= 4 is 74.5 Å². The van der Waals surface area contributed by atoms with E-state index in [4.69, 9.17) is 0 Å². The molecule has 1 amide bonds. The summed E-state index contributed by atoms with van der Waals surface area (Å²) in [6.07, 6.45) is 0. The Labute approximate surface area is 118 Å². The molecular weight excluding hydrogens is 509 g/mol. The molecule has 1 aromatic carbocycles. The zero-order valence-corrected chi connectivity index (χ0v) is 12.8. The molecule has 0 aromatic heterocycles. The van der Waals surface area contributed by atoms with Crippen molar-refractivity contribution < 1.29 is 4.79 Å². The third kappa shape index (κ3) is 3.47. The minimum atomic E-state index is -0.0231. The predicted octanol–water partition coefficient (Wildman–Crippen LogP) is 3.40. The molecule has 13 heavy (non-hydrogen) atoms. The fourth-order valence-electron chi connectivity index (χ4n) is 0.756. The van der Waals surface area contributed by atoms with Crippen molar-refractivity contribution in [3.63, 3.8) is 0 Å². The van der Waals surface area contributed by atoms with E-state index in [0.717, 1.165) is 0 Å². The van der Waals surface area contributed by atoms with Crippen molar-refractivity contribution in [3.8, 4) is 0 Å². The molecule has 0 spiro atoms. The van der Waals surface area contributed by atoms with Gasteiger partial charge >= 0.3 is 0 Å². The normalized spacial score (nSPS) is 10.2. The van der Waals surface area contributed by atoms with E-state index >= 15 is 0 Å². The molecular formula is C7H5I3N2O. The van der Waals surface area contributed by atoms with Gasteiger partial charge in [0.1, 0.15) is 0 Å². The molecule has 0 unspecified atom stereocenters. The zero-order chi connectivity index (χ0) is 9.84. The summed E-state index contributed by atoms with van der Waals surface area (Å²) >= 11 is 6.01. The van der Waals surface area contributed by atoms with Crippen LogP contribution in [0.5, 0.6) is 0 Å². The third-order valence-corrected chi connectivity index (χ3v) is 4.71. The highest BCUT2D eigenvalue weighted by Crippen LogP contribution is 2.20. The summed E-state index contributed by atoms with van der Waals surface area (Å²) in [5.74, 6) is -0.0231. The fourth-order valence-corrected chi connectivity index (χ4v) is 1.43. The minimum absolute atomic E-state index is 0.0231. The highest BCUT2D eigenvalue weighted by Gasteiger charge is 2.16. The summed E-state index contributed by atoms with van der Waals surface area (Å²) in [4.78, 5) is 11.7.